The van der Waals surface area contributed by atoms with Crippen LogP contribution in [0.4, 0.5) is 0 Å². The van der Waals surface area contributed by atoms with Gasteiger partial charge in [-0.2, -0.15) is 0 Å². The minimum absolute atomic E-state index is 0.0118. The molecule has 3 nitrogen and oxygen atoms in total. The molecule has 3 N–H and O–H groups in total. The Morgan fingerprint density at radius 1 is 0.842 bits per heavy atom. The van der Waals surface area contributed by atoms with E-state index >= 15 is 0 Å². The van der Waals surface area contributed by atoms with Gasteiger partial charge in [0, 0.05) is 11.3 Å². The van der Waals surface area contributed by atoms with Gasteiger partial charge in [-0.15, -0.1) is 0 Å². The molecule has 0 amide bonds. The van der Waals surface area contributed by atoms with Gasteiger partial charge in [0.25, 0.3) is 0 Å². The minimum Gasteiger partial charge on any atom is -0.393 e. The van der Waals surface area contributed by atoms with Crippen molar-refractivity contribution in [1.82, 2.24) is 0 Å². The number of hydrogen-bond acceptors (Lipinski definition) is 3. The molecule has 220 valence electrons. The maximum absolute atomic E-state index is 12.4. The molecule has 5 fully saturated rings. The predicted octanol–water partition coefficient (Wildman–Crippen LogP) is 7.71. The first-order valence-electron chi connectivity index (χ1n) is 16.8. The predicted molar refractivity (Wildman–Crippen MR) is 156 cm³/mol. The van der Waals surface area contributed by atoms with Gasteiger partial charge in [0.15, 0.2) is 0 Å². The average molecular weight is 531 g/mol. The zero-order valence-corrected chi connectivity index (χ0v) is 26.1. The van der Waals surface area contributed by atoms with E-state index in [0.29, 0.717) is 23.7 Å². The van der Waals surface area contributed by atoms with Gasteiger partial charge in [0.05, 0.1) is 18.3 Å². The van der Waals surface area contributed by atoms with Crippen molar-refractivity contribution in [2.45, 2.75) is 144 Å². The highest BCUT2D eigenvalue weighted by Crippen LogP contribution is 2.73. The number of fused-ring (bicyclic) bond motifs is 3. The van der Waals surface area contributed by atoms with Crippen molar-refractivity contribution in [3.8, 4) is 0 Å². The van der Waals surface area contributed by atoms with Gasteiger partial charge < -0.3 is 15.3 Å². The molecule has 15 atom stereocenters. The maximum atomic E-state index is 12.4. The van der Waals surface area contributed by atoms with Crippen molar-refractivity contribution in [1.29, 1.82) is 0 Å². The van der Waals surface area contributed by atoms with Gasteiger partial charge in [0.2, 0.25) is 0 Å². The summed E-state index contributed by atoms with van der Waals surface area (Å²) >= 11 is 0. The molecule has 0 aromatic heterocycles. The van der Waals surface area contributed by atoms with Crippen molar-refractivity contribution in [2.75, 3.05) is 0 Å². The normalized spacial score (nSPS) is 55.3. The fraction of sp³-hybridized carbons (Fsp3) is 1.00. The second-order valence-electron chi connectivity index (χ2n) is 16.8. The Bertz CT molecular complexity index is 835. The second kappa shape index (κ2) is 10.3. The number of aliphatic hydroxyl groups is 3. The summed E-state index contributed by atoms with van der Waals surface area (Å²) in [6.07, 6.45) is 13.3. The summed E-state index contributed by atoms with van der Waals surface area (Å²) in [5.74, 6) is 4.68. The Balaban J connectivity index is 1.46. The largest absolute Gasteiger partial charge is 0.393 e. The smallest absolute Gasteiger partial charge is 0.0656 e. The highest BCUT2D eigenvalue weighted by Gasteiger charge is 2.70. The molecule has 5 aliphatic carbocycles. The summed E-state index contributed by atoms with van der Waals surface area (Å²) < 4.78 is 0. The van der Waals surface area contributed by atoms with E-state index in [4.69, 9.17) is 0 Å². The van der Waals surface area contributed by atoms with E-state index in [0.717, 1.165) is 30.6 Å². The molecule has 15 unspecified atom stereocenters. The van der Waals surface area contributed by atoms with Crippen LogP contribution in [0.5, 0.6) is 0 Å². The molecule has 5 saturated carbocycles. The van der Waals surface area contributed by atoms with Crippen LogP contribution in [0, 0.1) is 75.4 Å². The summed E-state index contributed by atoms with van der Waals surface area (Å²) in [6, 6.07) is 0. The topological polar surface area (TPSA) is 60.7 Å². The monoisotopic (exact) mass is 530 g/mol. The quantitative estimate of drug-likeness (QED) is 0.349. The molecular formula is C35H62O3. The van der Waals surface area contributed by atoms with Gasteiger partial charge in [-0.1, -0.05) is 87.0 Å². The Kier molecular flexibility index (Phi) is 7.97. The van der Waals surface area contributed by atoms with E-state index in [2.05, 4.69) is 48.5 Å². The van der Waals surface area contributed by atoms with Crippen LogP contribution in [-0.4, -0.2) is 33.6 Å². The SMILES string of the molecule is CC(O)C1C(C)CC2(C)CC3(C)CC4C(C(C)CC5CCCCC5)CCC(C)C4C(O)C3C(C)C2(C)C1O. The molecule has 0 radical (unpaired) electrons. The van der Waals surface area contributed by atoms with E-state index in [1.165, 1.54) is 57.8 Å². The third-order valence-electron chi connectivity index (χ3n) is 14.6. The van der Waals surface area contributed by atoms with E-state index in [1.54, 1.807) is 0 Å². The Morgan fingerprint density at radius 3 is 2.13 bits per heavy atom. The second-order valence-corrected chi connectivity index (χ2v) is 16.8. The van der Waals surface area contributed by atoms with Gasteiger partial charge in [-0.3, -0.25) is 0 Å². The van der Waals surface area contributed by atoms with E-state index in [1.807, 2.05) is 6.92 Å². The fourth-order valence-electron chi connectivity index (χ4n) is 12.9. The lowest BCUT2D eigenvalue weighted by atomic mass is 9.34. The molecule has 0 aliphatic heterocycles. The first-order valence-corrected chi connectivity index (χ1v) is 16.8. The maximum Gasteiger partial charge on any atom is 0.0656 e. The van der Waals surface area contributed by atoms with Crippen LogP contribution < -0.4 is 0 Å². The molecule has 0 heterocycles. The molecule has 3 heteroatoms. The lowest BCUT2D eigenvalue weighted by molar-refractivity contribution is -0.280. The summed E-state index contributed by atoms with van der Waals surface area (Å²) in [5, 5.41) is 35.1. The third kappa shape index (κ3) is 4.38. The fourth-order valence-corrected chi connectivity index (χ4v) is 12.9. The summed E-state index contributed by atoms with van der Waals surface area (Å²) in [6.45, 7) is 18.8. The average Bonchev–Trinajstić information content (AvgIpc) is 2.81. The Morgan fingerprint density at radius 2 is 1.50 bits per heavy atom. The molecule has 5 aliphatic rings. The summed E-state index contributed by atoms with van der Waals surface area (Å²) in [7, 11) is 0. The van der Waals surface area contributed by atoms with Gasteiger partial charge in [0.1, 0.15) is 0 Å². The van der Waals surface area contributed by atoms with Crippen LogP contribution in [-0.2, 0) is 0 Å². The van der Waals surface area contributed by atoms with E-state index < -0.39 is 12.2 Å². The summed E-state index contributed by atoms with van der Waals surface area (Å²) in [5.41, 5.74) is -0.187. The zero-order chi connectivity index (χ0) is 27.8. The number of hydrogen-bond donors (Lipinski definition) is 3. The van der Waals surface area contributed by atoms with Gasteiger partial charge >= 0.3 is 0 Å². The first-order chi connectivity index (χ1) is 17.7. The number of rotatable bonds is 4. The van der Waals surface area contributed by atoms with Crippen LogP contribution in [0.2, 0.25) is 0 Å². The lowest BCUT2D eigenvalue weighted by Gasteiger charge is -2.72. The standard InChI is InChI=1S/C35H62O3/c1-20-14-15-26(21(2)16-25-12-10-9-11-13-25)27-18-33(6)19-34(7)17-22(3)28(24(5)36)32(38)35(34,8)23(4)30(33)31(37)29(20)27/h20-32,36-38H,9-19H2,1-8H3. The highest BCUT2D eigenvalue weighted by molar-refractivity contribution is 5.18. The molecule has 0 bridgehead atoms. The summed E-state index contributed by atoms with van der Waals surface area (Å²) in [4.78, 5) is 0. The van der Waals surface area contributed by atoms with Crippen LogP contribution >= 0.6 is 0 Å². The molecule has 0 aromatic carbocycles. The van der Waals surface area contributed by atoms with Crippen molar-refractivity contribution >= 4 is 0 Å². The molecule has 0 saturated heterocycles. The third-order valence-corrected chi connectivity index (χ3v) is 14.6. The van der Waals surface area contributed by atoms with Crippen molar-refractivity contribution < 1.29 is 15.3 Å². The molecule has 38 heavy (non-hydrogen) atoms. The van der Waals surface area contributed by atoms with Crippen LogP contribution in [0.15, 0.2) is 0 Å². The Hall–Kier alpha value is -0.120. The van der Waals surface area contributed by atoms with Gasteiger partial charge in [-0.05, 0) is 103 Å². The van der Waals surface area contributed by atoms with Crippen molar-refractivity contribution in [3.05, 3.63) is 0 Å². The van der Waals surface area contributed by atoms with Crippen molar-refractivity contribution in [3.63, 3.8) is 0 Å². The highest BCUT2D eigenvalue weighted by atomic mass is 16.3. The Labute approximate surface area is 235 Å². The van der Waals surface area contributed by atoms with E-state index in [-0.39, 0.29) is 40.1 Å². The lowest BCUT2D eigenvalue weighted by Crippen LogP contribution is -2.70. The molecule has 5 rings (SSSR count). The van der Waals surface area contributed by atoms with Crippen LogP contribution in [0.3, 0.4) is 0 Å². The van der Waals surface area contributed by atoms with Crippen LogP contribution in [0.25, 0.3) is 0 Å². The van der Waals surface area contributed by atoms with E-state index in [9.17, 15) is 15.3 Å². The van der Waals surface area contributed by atoms with Gasteiger partial charge in [-0.25, -0.2) is 0 Å². The van der Waals surface area contributed by atoms with Crippen LogP contribution in [0.1, 0.15) is 126 Å². The molecular weight excluding hydrogens is 468 g/mol. The number of aliphatic hydroxyl groups excluding tert-OH is 3. The first kappa shape index (κ1) is 29.4. The minimum atomic E-state index is -0.534. The molecule has 0 aromatic rings. The zero-order valence-electron chi connectivity index (χ0n) is 26.1. The van der Waals surface area contributed by atoms with Crippen molar-refractivity contribution in [2.24, 2.45) is 75.4 Å². The molecule has 0 spiro atoms.